The van der Waals surface area contributed by atoms with Gasteiger partial charge in [0.2, 0.25) is 10.0 Å². The molecule has 0 amide bonds. The molecule has 1 aliphatic rings. The molecule has 1 aliphatic heterocycles. The molecular formula is C6H13NO4S. The lowest BCUT2D eigenvalue weighted by Gasteiger charge is -2.22. The molecule has 0 aromatic heterocycles. The smallest absolute Gasteiger partial charge is 0.211 e. The zero-order valence-corrected chi connectivity index (χ0v) is 7.66. The topological polar surface area (TPSA) is 77.8 Å². The summed E-state index contributed by atoms with van der Waals surface area (Å²) in [6, 6.07) is -0.653. The summed E-state index contributed by atoms with van der Waals surface area (Å²) in [6.45, 7) is 0.390. The second-order valence-corrected chi connectivity index (χ2v) is 4.93. The van der Waals surface area contributed by atoms with Crippen LogP contribution < -0.4 is 0 Å². The molecule has 5 nitrogen and oxygen atoms in total. The van der Waals surface area contributed by atoms with E-state index in [1.54, 1.807) is 0 Å². The summed E-state index contributed by atoms with van der Waals surface area (Å²) in [5, 5.41) is 17.7. The number of aliphatic hydroxyl groups excluding tert-OH is 1. The first-order valence-electron chi connectivity index (χ1n) is 3.76. The predicted molar refractivity (Wildman–Crippen MR) is 42.8 cm³/mol. The van der Waals surface area contributed by atoms with E-state index in [1.807, 2.05) is 0 Å². The van der Waals surface area contributed by atoms with Gasteiger partial charge in [-0.2, -0.15) is 4.31 Å². The van der Waals surface area contributed by atoms with Crippen molar-refractivity contribution in [1.29, 1.82) is 0 Å². The minimum Gasteiger partial charge on any atom is -0.367 e. The molecule has 0 bridgehead atoms. The molecule has 12 heavy (non-hydrogen) atoms. The van der Waals surface area contributed by atoms with Gasteiger partial charge in [0.1, 0.15) is 0 Å². The van der Waals surface area contributed by atoms with Gasteiger partial charge >= 0.3 is 0 Å². The lowest BCUT2D eigenvalue weighted by molar-refractivity contribution is -0.0767. The van der Waals surface area contributed by atoms with Gasteiger partial charge < -0.3 is 10.2 Å². The Morgan fingerprint density at radius 2 is 2.08 bits per heavy atom. The minimum absolute atomic E-state index is 0.390. The molecule has 1 fully saturated rings. The average molecular weight is 195 g/mol. The summed E-state index contributed by atoms with van der Waals surface area (Å²) in [4.78, 5) is 0. The molecule has 72 valence electrons. The first-order valence-corrected chi connectivity index (χ1v) is 5.60. The van der Waals surface area contributed by atoms with Crippen LogP contribution in [0, 0.1) is 0 Å². The molecule has 0 saturated carbocycles. The Balaban J connectivity index is 2.78. The van der Waals surface area contributed by atoms with Crippen molar-refractivity contribution in [1.82, 2.24) is 4.31 Å². The molecule has 1 rings (SSSR count). The van der Waals surface area contributed by atoms with E-state index in [0.29, 0.717) is 19.4 Å². The Kier molecular flexibility index (Phi) is 2.72. The summed E-state index contributed by atoms with van der Waals surface area (Å²) in [6.07, 6.45) is 0.718. The first kappa shape index (κ1) is 9.91. The third kappa shape index (κ3) is 1.95. The van der Waals surface area contributed by atoms with Crippen LogP contribution in [0.25, 0.3) is 0 Å². The van der Waals surface area contributed by atoms with Crippen LogP contribution in [0.1, 0.15) is 12.8 Å². The van der Waals surface area contributed by atoms with Crippen LogP contribution in [-0.4, -0.2) is 48.1 Å². The number of hydrogen-bond acceptors (Lipinski definition) is 4. The number of nitrogens with zero attached hydrogens (tertiary/aromatic N) is 1. The van der Waals surface area contributed by atoms with Gasteiger partial charge in [-0.05, 0) is 12.8 Å². The average Bonchev–Trinajstić information content (AvgIpc) is 2.30. The molecule has 0 aromatic carbocycles. The summed E-state index contributed by atoms with van der Waals surface area (Å²) in [7, 11) is -3.28. The van der Waals surface area contributed by atoms with Crippen LogP contribution in [0.4, 0.5) is 0 Å². The highest BCUT2D eigenvalue weighted by atomic mass is 32.2. The van der Waals surface area contributed by atoms with Crippen LogP contribution in [0.15, 0.2) is 0 Å². The zero-order valence-electron chi connectivity index (χ0n) is 6.84. The third-order valence-electron chi connectivity index (χ3n) is 2.02. The molecule has 1 atom stereocenters. The first-order chi connectivity index (χ1) is 5.43. The van der Waals surface area contributed by atoms with Gasteiger partial charge in [-0.1, -0.05) is 0 Å². The predicted octanol–water partition coefficient (Wildman–Crippen LogP) is -1.28. The Morgan fingerprint density at radius 3 is 2.42 bits per heavy atom. The quantitative estimate of drug-likeness (QED) is 0.538. The molecule has 1 saturated heterocycles. The van der Waals surface area contributed by atoms with E-state index in [9.17, 15) is 8.42 Å². The number of sulfonamides is 1. The van der Waals surface area contributed by atoms with E-state index >= 15 is 0 Å². The van der Waals surface area contributed by atoms with Gasteiger partial charge in [0, 0.05) is 6.54 Å². The standard InChI is InChI=1S/C6H13NO4S/c1-12(10,11)7-4-2-3-5(7)6(8)9/h5-6,8-9H,2-4H2,1H3. The van der Waals surface area contributed by atoms with Crippen molar-refractivity contribution < 1.29 is 18.6 Å². The van der Waals surface area contributed by atoms with Gasteiger partial charge in [0.25, 0.3) is 0 Å². The second-order valence-electron chi connectivity index (χ2n) is 3.00. The van der Waals surface area contributed by atoms with Crippen molar-refractivity contribution in [2.45, 2.75) is 25.2 Å². The third-order valence-corrected chi connectivity index (χ3v) is 3.32. The molecule has 0 aromatic rings. The van der Waals surface area contributed by atoms with E-state index in [1.165, 1.54) is 0 Å². The largest absolute Gasteiger partial charge is 0.367 e. The minimum atomic E-state index is -3.28. The van der Waals surface area contributed by atoms with Gasteiger partial charge in [0.15, 0.2) is 6.29 Å². The fraction of sp³-hybridized carbons (Fsp3) is 1.00. The second kappa shape index (κ2) is 3.29. The van der Waals surface area contributed by atoms with Gasteiger partial charge in [-0.15, -0.1) is 0 Å². The maximum Gasteiger partial charge on any atom is 0.211 e. The maximum absolute atomic E-state index is 11.1. The van der Waals surface area contributed by atoms with Gasteiger partial charge in [0.05, 0.1) is 12.3 Å². The molecule has 0 aliphatic carbocycles. The Morgan fingerprint density at radius 1 is 1.50 bits per heavy atom. The van der Waals surface area contributed by atoms with Crippen molar-refractivity contribution in [3.8, 4) is 0 Å². The Hall–Kier alpha value is -0.170. The van der Waals surface area contributed by atoms with Gasteiger partial charge in [-0.3, -0.25) is 0 Å². The molecule has 1 heterocycles. The highest BCUT2D eigenvalue weighted by molar-refractivity contribution is 7.88. The van der Waals surface area contributed by atoms with E-state index in [0.717, 1.165) is 10.6 Å². The van der Waals surface area contributed by atoms with E-state index in [2.05, 4.69) is 0 Å². The normalized spacial score (nSPS) is 26.8. The maximum atomic E-state index is 11.1. The fourth-order valence-corrected chi connectivity index (χ4v) is 2.64. The van der Waals surface area contributed by atoms with Crippen LogP contribution in [0.3, 0.4) is 0 Å². The number of rotatable bonds is 2. The van der Waals surface area contributed by atoms with Crippen molar-refractivity contribution in [2.24, 2.45) is 0 Å². The van der Waals surface area contributed by atoms with E-state index in [4.69, 9.17) is 10.2 Å². The molecule has 6 heteroatoms. The zero-order chi connectivity index (χ0) is 9.35. The van der Waals surface area contributed by atoms with Crippen molar-refractivity contribution in [2.75, 3.05) is 12.8 Å². The molecule has 1 unspecified atom stereocenters. The van der Waals surface area contributed by atoms with Gasteiger partial charge in [-0.25, -0.2) is 8.42 Å². The highest BCUT2D eigenvalue weighted by Gasteiger charge is 2.35. The van der Waals surface area contributed by atoms with Crippen LogP contribution >= 0.6 is 0 Å². The molecule has 0 spiro atoms. The Bertz CT molecular complexity index is 248. The summed E-state index contributed by atoms with van der Waals surface area (Å²) < 4.78 is 23.2. The fourth-order valence-electron chi connectivity index (χ4n) is 1.48. The molecule has 2 N–H and O–H groups in total. The molecule has 0 radical (unpaired) electrons. The van der Waals surface area contributed by atoms with Crippen LogP contribution in [0.5, 0.6) is 0 Å². The summed E-state index contributed by atoms with van der Waals surface area (Å²) in [5.74, 6) is 0. The Labute approximate surface area is 71.7 Å². The van der Waals surface area contributed by atoms with Crippen molar-refractivity contribution in [3.63, 3.8) is 0 Å². The van der Waals surface area contributed by atoms with Crippen LogP contribution in [-0.2, 0) is 10.0 Å². The van der Waals surface area contributed by atoms with Crippen LogP contribution in [0.2, 0.25) is 0 Å². The summed E-state index contributed by atoms with van der Waals surface area (Å²) >= 11 is 0. The number of hydrogen-bond donors (Lipinski definition) is 2. The lowest BCUT2D eigenvalue weighted by Crippen LogP contribution is -2.42. The van der Waals surface area contributed by atoms with Crippen molar-refractivity contribution >= 4 is 10.0 Å². The molecular weight excluding hydrogens is 182 g/mol. The SMILES string of the molecule is CS(=O)(=O)N1CCCC1C(O)O. The lowest BCUT2D eigenvalue weighted by atomic mass is 10.2. The highest BCUT2D eigenvalue weighted by Crippen LogP contribution is 2.21. The number of aliphatic hydroxyl groups is 2. The van der Waals surface area contributed by atoms with Crippen molar-refractivity contribution in [3.05, 3.63) is 0 Å². The van der Waals surface area contributed by atoms with E-state index in [-0.39, 0.29) is 0 Å². The monoisotopic (exact) mass is 195 g/mol. The summed E-state index contributed by atoms with van der Waals surface area (Å²) in [5.41, 5.74) is 0. The van der Waals surface area contributed by atoms with E-state index < -0.39 is 22.4 Å².